The lowest BCUT2D eigenvalue weighted by molar-refractivity contribution is 0.0669. The number of rotatable bonds is 6. The summed E-state index contributed by atoms with van der Waals surface area (Å²) in [5, 5.41) is 7.17. The van der Waals surface area contributed by atoms with E-state index in [2.05, 4.69) is 10.5 Å². The van der Waals surface area contributed by atoms with Crippen molar-refractivity contribution in [3.63, 3.8) is 0 Å². The van der Waals surface area contributed by atoms with Crippen LogP contribution in [0.4, 0.5) is 0 Å². The van der Waals surface area contributed by atoms with Gasteiger partial charge in [-0.1, -0.05) is 17.3 Å². The average molecular weight is 357 g/mol. The van der Waals surface area contributed by atoms with Gasteiger partial charge in [0.25, 0.3) is 5.91 Å². The van der Waals surface area contributed by atoms with E-state index < -0.39 is 0 Å². The van der Waals surface area contributed by atoms with Crippen LogP contribution >= 0.6 is 0 Å². The Balaban J connectivity index is 1.73. The maximum Gasteiger partial charge on any atom is 0.257 e. The lowest BCUT2D eigenvalue weighted by Crippen LogP contribution is -2.42. The minimum absolute atomic E-state index is 0.0418. The molecule has 6 heteroatoms. The number of carbonyl (C=O) groups excluding carboxylic acids is 1. The fraction of sp³-hybridized carbons (Fsp3) is 0.500. The summed E-state index contributed by atoms with van der Waals surface area (Å²) in [5.74, 6) is 1.90. The molecule has 1 N–H and O–H groups in total. The van der Waals surface area contributed by atoms with Crippen LogP contribution < -0.4 is 10.1 Å². The first-order valence-corrected chi connectivity index (χ1v) is 9.17. The Hall–Kier alpha value is -2.34. The fourth-order valence-electron chi connectivity index (χ4n) is 3.50. The number of nitrogens with one attached hydrogen (secondary N) is 1. The molecule has 0 spiro atoms. The van der Waals surface area contributed by atoms with E-state index in [1.807, 2.05) is 50.1 Å². The third-order valence-electron chi connectivity index (χ3n) is 4.97. The lowest BCUT2D eigenvalue weighted by Gasteiger charge is -2.33. The van der Waals surface area contributed by atoms with E-state index in [1.54, 1.807) is 0 Å². The highest BCUT2D eigenvalue weighted by atomic mass is 16.5. The van der Waals surface area contributed by atoms with Crippen molar-refractivity contribution in [3.8, 4) is 5.75 Å². The maximum atomic E-state index is 13.1. The number of para-hydroxylation sites is 1. The fourth-order valence-corrected chi connectivity index (χ4v) is 3.50. The Morgan fingerprint density at radius 1 is 1.38 bits per heavy atom. The minimum atomic E-state index is 0.0418. The molecule has 2 heterocycles. The summed E-state index contributed by atoms with van der Waals surface area (Å²) in [5.41, 5.74) is 2.36. The summed E-state index contributed by atoms with van der Waals surface area (Å²) in [6, 6.07) is 7.46. The van der Waals surface area contributed by atoms with Gasteiger partial charge in [0.15, 0.2) is 0 Å². The molecule has 140 valence electrons. The highest BCUT2D eigenvalue weighted by Gasteiger charge is 2.26. The van der Waals surface area contributed by atoms with Crippen molar-refractivity contribution >= 4 is 5.91 Å². The predicted molar refractivity (Wildman–Crippen MR) is 99.3 cm³/mol. The SMILES string of the molecule is CNCC1CCCN(C(=O)c2ccccc2OCc2c(C)noc2C)C1. The van der Waals surface area contributed by atoms with Crippen LogP contribution in [0, 0.1) is 19.8 Å². The van der Waals surface area contributed by atoms with Crippen molar-refractivity contribution in [1.82, 2.24) is 15.4 Å². The topological polar surface area (TPSA) is 67.6 Å². The van der Waals surface area contributed by atoms with Gasteiger partial charge >= 0.3 is 0 Å². The zero-order chi connectivity index (χ0) is 18.5. The van der Waals surface area contributed by atoms with Gasteiger partial charge in [0.05, 0.1) is 16.8 Å². The van der Waals surface area contributed by atoms with Gasteiger partial charge < -0.3 is 19.5 Å². The number of nitrogens with zero attached hydrogens (tertiary/aromatic N) is 2. The molecule has 0 saturated carbocycles. The van der Waals surface area contributed by atoms with E-state index in [0.717, 1.165) is 49.5 Å². The van der Waals surface area contributed by atoms with E-state index in [-0.39, 0.29) is 5.91 Å². The number of aryl methyl sites for hydroxylation is 2. The first-order valence-electron chi connectivity index (χ1n) is 9.17. The zero-order valence-electron chi connectivity index (χ0n) is 15.7. The molecule has 1 unspecified atom stereocenters. The molecule has 0 bridgehead atoms. The molecule has 1 aliphatic rings. The maximum absolute atomic E-state index is 13.1. The second kappa shape index (κ2) is 8.36. The van der Waals surface area contributed by atoms with E-state index in [4.69, 9.17) is 9.26 Å². The number of benzene rings is 1. The normalized spacial score (nSPS) is 17.3. The number of likely N-dealkylation sites (tertiary alicyclic amines) is 1. The average Bonchev–Trinajstić information content (AvgIpc) is 2.98. The summed E-state index contributed by atoms with van der Waals surface area (Å²) < 4.78 is 11.1. The van der Waals surface area contributed by atoms with Crippen LogP contribution in [0.5, 0.6) is 5.75 Å². The van der Waals surface area contributed by atoms with E-state index in [0.29, 0.717) is 23.8 Å². The van der Waals surface area contributed by atoms with Gasteiger partial charge in [0.1, 0.15) is 18.1 Å². The molecule has 0 aliphatic carbocycles. The smallest absolute Gasteiger partial charge is 0.257 e. The van der Waals surface area contributed by atoms with Crippen molar-refractivity contribution in [2.75, 3.05) is 26.7 Å². The molecule has 1 aromatic carbocycles. The van der Waals surface area contributed by atoms with Gasteiger partial charge in [-0.15, -0.1) is 0 Å². The summed E-state index contributed by atoms with van der Waals surface area (Å²) in [7, 11) is 1.96. The van der Waals surface area contributed by atoms with Crippen LogP contribution in [0.3, 0.4) is 0 Å². The predicted octanol–water partition coefficient (Wildman–Crippen LogP) is 2.94. The summed E-state index contributed by atoms with van der Waals surface area (Å²) in [6.45, 7) is 6.63. The molecule has 3 rings (SSSR count). The van der Waals surface area contributed by atoms with Crippen LogP contribution in [0.1, 0.15) is 40.2 Å². The number of hydrogen-bond donors (Lipinski definition) is 1. The Morgan fingerprint density at radius 3 is 2.92 bits per heavy atom. The quantitative estimate of drug-likeness (QED) is 0.861. The van der Waals surface area contributed by atoms with Crippen molar-refractivity contribution < 1.29 is 14.1 Å². The molecule has 26 heavy (non-hydrogen) atoms. The Bertz CT molecular complexity index is 735. The highest BCUT2D eigenvalue weighted by Crippen LogP contribution is 2.25. The molecular formula is C20H27N3O3. The molecule has 0 radical (unpaired) electrons. The molecule has 1 saturated heterocycles. The number of aromatic nitrogens is 1. The second-order valence-corrected chi connectivity index (χ2v) is 6.90. The van der Waals surface area contributed by atoms with Gasteiger partial charge in [-0.2, -0.15) is 0 Å². The summed E-state index contributed by atoms with van der Waals surface area (Å²) >= 11 is 0. The largest absolute Gasteiger partial charge is 0.488 e. The molecule has 1 amide bonds. The Morgan fingerprint density at radius 2 is 2.19 bits per heavy atom. The number of ether oxygens (including phenoxy) is 1. The molecular weight excluding hydrogens is 330 g/mol. The first kappa shape index (κ1) is 18.5. The van der Waals surface area contributed by atoms with Gasteiger partial charge in [0, 0.05) is 13.1 Å². The van der Waals surface area contributed by atoms with Gasteiger partial charge in [0.2, 0.25) is 0 Å². The number of amides is 1. The van der Waals surface area contributed by atoms with Crippen LogP contribution in [0.2, 0.25) is 0 Å². The van der Waals surface area contributed by atoms with Crippen molar-refractivity contribution in [1.29, 1.82) is 0 Å². The number of carbonyl (C=O) groups is 1. The monoisotopic (exact) mass is 357 g/mol. The zero-order valence-corrected chi connectivity index (χ0v) is 15.7. The molecule has 1 fully saturated rings. The highest BCUT2D eigenvalue weighted by molar-refractivity contribution is 5.97. The van der Waals surface area contributed by atoms with Crippen LogP contribution in [-0.4, -0.2) is 42.6 Å². The standard InChI is InChI=1S/C20H27N3O3/c1-14-18(15(2)26-22-14)13-25-19-9-5-4-8-17(19)20(24)23-10-6-7-16(12-23)11-21-3/h4-5,8-9,16,21H,6-7,10-13H2,1-3H3. The molecule has 1 aromatic heterocycles. The Kier molecular flexibility index (Phi) is 5.93. The molecule has 2 aromatic rings. The van der Waals surface area contributed by atoms with Crippen LogP contribution in [0.15, 0.2) is 28.8 Å². The lowest BCUT2D eigenvalue weighted by atomic mass is 9.97. The van der Waals surface area contributed by atoms with Gasteiger partial charge in [-0.25, -0.2) is 0 Å². The van der Waals surface area contributed by atoms with Crippen molar-refractivity contribution in [2.45, 2.75) is 33.3 Å². The van der Waals surface area contributed by atoms with Crippen molar-refractivity contribution in [3.05, 3.63) is 46.8 Å². The van der Waals surface area contributed by atoms with Gasteiger partial charge in [-0.3, -0.25) is 4.79 Å². The second-order valence-electron chi connectivity index (χ2n) is 6.90. The number of hydrogen-bond acceptors (Lipinski definition) is 5. The van der Waals surface area contributed by atoms with E-state index >= 15 is 0 Å². The summed E-state index contributed by atoms with van der Waals surface area (Å²) in [6.07, 6.45) is 2.20. The van der Waals surface area contributed by atoms with Gasteiger partial charge in [-0.05, 0) is 58.3 Å². The molecule has 1 aliphatic heterocycles. The third-order valence-corrected chi connectivity index (χ3v) is 4.97. The van der Waals surface area contributed by atoms with Crippen molar-refractivity contribution in [2.24, 2.45) is 5.92 Å². The van der Waals surface area contributed by atoms with E-state index in [9.17, 15) is 4.79 Å². The number of piperidine rings is 1. The third kappa shape index (κ3) is 4.07. The Labute approximate surface area is 154 Å². The molecule has 1 atom stereocenters. The minimum Gasteiger partial charge on any atom is -0.488 e. The molecule has 6 nitrogen and oxygen atoms in total. The summed E-state index contributed by atoms with van der Waals surface area (Å²) in [4.78, 5) is 15.0. The van der Waals surface area contributed by atoms with Crippen LogP contribution in [-0.2, 0) is 6.61 Å². The first-order chi connectivity index (χ1) is 12.6. The van der Waals surface area contributed by atoms with E-state index in [1.165, 1.54) is 0 Å². The van der Waals surface area contributed by atoms with Crippen LogP contribution in [0.25, 0.3) is 0 Å².